The summed E-state index contributed by atoms with van der Waals surface area (Å²) >= 11 is 0. The van der Waals surface area contributed by atoms with Crippen molar-refractivity contribution in [2.75, 3.05) is 26.2 Å². The zero-order valence-electron chi connectivity index (χ0n) is 14.6. The van der Waals surface area contributed by atoms with Crippen LogP contribution in [0.4, 0.5) is 0 Å². The van der Waals surface area contributed by atoms with Gasteiger partial charge in [-0.3, -0.25) is 14.4 Å². The van der Waals surface area contributed by atoms with Crippen molar-refractivity contribution in [1.82, 2.24) is 19.6 Å². The van der Waals surface area contributed by atoms with Crippen molar-refractivity contribution in [2.24, 2.45) is 5.92 Å². The van der Waals surface area contributed by atoms with Crippen molar-refractivity contribution in [3.8, 4) is 0 Å². The Kier molecular flexibility index (Phi) is 5.36. The average Bonchev–Trinajstić information content (AvgIpc) is 3.04. The lowest BCUT2D eigenvalue weighted by molar-refractivity contribution is -0.138. The molecule has 1 saturated carbocycles. The second kappa shape index (κ2) is 7.47. The van der Waals surface area contributed by atoms with Gasteiger partial charge >= 0.3 is 0 Å². The third kappa shape index (κ3) is 4.14. The predicted octanol–water partition coefficient (Wildman–Crippen LogP) is 2.69. The van der Waals surface area contributed by atoms with E-state index in [4.69, 9.17) is 0 Å². The predicted molar refractivity (Wildman–Crippen MR) is 91.0 cm³/mol. The first kappa shape index (κ1) is 16.5. The molecule has 2 aliphatic rings. The summed E-state index contributed by atoms with van der Waals surface area (Å²) in [7, 11) is 0. The van der Waals surface area contributed by atoms with Gasteiger partial charge in [0.2, 0.25) is 5.91 Å². The molecule has 2 fully saturated rings. The van der Waals surface area contributed by atoms with E-state index in [1.54, 1.807) is 0 Å². The first-order valence-corrected chi connectivity index (χ1v) is 9.18. The molecule has 2 heterocycles. The van der Waals surface area contributed by atoms with Gasteiger partial charge in [-0.25, -0.2) is 0 Å². The van der Waals surface area contributed by atoms with Crippen molar-refractivity contribution in [1.29, 1.82) is 0 Å². The molecule has 1 aliphatic carbocycles. The maximum atomic E-state index is 12.6. The van der Waals surface area contributed by atoms with Crippen LogP contribution in [-0.4, -0.2) is 51.7 Å². The molecule has 0 unspecified atom stereocenters. The molecule has 0 N–H and O–H groups in total. The first-order chi connectivity index (χ1) is 11.1. The van der Waals surface area contributed by atoms with E-state index in [-0.39, 0.29) is 0 Å². The first-order valence-electron chi connectivity index (χ1n) is 9.18. The van der Waals surface area contributed by atoms with E-state index in [2.05, 4.69) is 41.0 Å². The molecule has 1 aromatic rings. The molecule has 3 rings (SSSR count). The Balaban J connectivity index is 1.47. The van der Waals surface area contributed by atoms with Gasteiger partial charge in [0.05, 0.1) is 5.69 Å². The average molecular weight is 318 g/mol. The third-order valence-electron chi connectivity index (χ3n) is 5.22. The zero-order chi connectivity index (χ0) is 16.2. The standard InChI is InChI=1S/C18H30N4O/c1-15(2)22-9-8-17(19-22)14-20-10-12-21(13-11-20)18(23)16-6-4-3-5-7-16/h8-9,15-16H,3-7,10-14H2,1-2H3. The molecule has 0 aromatic carbocycles. The second-order valence-corrected chi connectivity index (χ2v) is 7.32. The number of nitrogens with zero attached hydrogens (tertiary/aromatic N) is 4. The van der Waals surface area contributed by atoms with Gasteiger partial charge in [0.15, 0.2) is 0 Å². The summed E-state index contributed by atoms with van der Waals surface area (Å²) in [6.07, 6.45) is 8.03. The van der Waals surface area contributed by atoms with E-state index in [1.807, 2.05) is 4.68 Å². The molecule has 0 radical (unpaired) electrons. The van der Waals surface area contributed by atoms with Crippen molar-refractivity contribution in [3.63, 3.8) is 0 Å². The van der Waals surface area contributed by atoms with Crippen LogP contribution in [0.1, 0.15) is 57.7 Å². The minimum absolute atomic E-state index is 0.303. The van der Waals surface area contributed by atoms with Crippen LogP contribution in [0.15, 0.2) is 12.3 Å². The van der Waals surface area contributed by atoms with E-state index in [0.29, 0.717) is 17.9 Å². The van der Waals surface area contributed by atoms with E-state index >= 15 is 0 Å². The van der Waals surface area contributed by atoms with Crippen molar-refractivity contribution in [3.05, 3.63) is 18.0 Å². The summed E-state index contributed by atoms with van der Waals surface area (Å²) in [4.78, 5) is 17.1. The Bertz CT molecular complexity index is 511. The SMILES string of the molecule is CC(C)n1ccc(CN2CCN(C(=O)C3CCCCC3)CC2)n1. The quantitative estimate of drug-likeness (QED) is 0.857. The molecule has 0 bridgehead atoms. The smallest absolute Gasteiger partial charge is 0.225 e. The van der Waals surface area contributed by atoms with Crippen LogP contribution in [0.25, 0.3) is 0 Å². The van der Waals surface area contributed by atoms with Gasteiger partial charge < -0.3 is 4.90 Å². The van der Waals surface area contributed by atoms with Gasteiger partial charge in [0.25, 0.3) is 0 Å². The monoisotopic (exact) mass is 318 g/mol. The molecule has 1 aliphatic heterocycles. The molecule has 5 heteroatoms. The largest absolute Gasteiger partial charge is 0.340 e. The van der Waals surface area contributed by atoms with Gasteiger partial charge in [0.1, 0.15) is 0 Å². The number of hydrogen-bond donors (Lipinski definition) is 0. The van der Waals surface area contributed by atoms with Gasteiger partial charge in [-0.15, -0.1) is 0 Å². The fourth-order valence-corrected chi connectivity index (χ4v) is 3.71. The Morgan fingerprint density at radius 1 is 1.17 bits per heavy atom. The Morgan fingerprint density at radius 3 is 2.48 bits per heavy atom. The van der Waals surface area contributed by atoms with E-state index < -0.39 is 0 Å². The molecular formula is C18H30N4O. The van der Waals surface area contributed by atoms with Gasteiger partial charge in [-0.1, -0.05) is 19.3 Å². The summed E-state index contributed by atoms with van der Waals surface area (Å²) in [6, 6.07) is 2.52. The van der Waals surface area contributed by atoms with Crippen molar-refractivity contribution in [2.45, 2.75) is 58.5 Å². The summed E-state index contributed by atoms with van der Waals surface area (Å²) < 4.78 is 2.01. The van der Waals surface area contributed by atoms with Crippen molar-refractivity contribution < 1.29 is 4.79 Å². The molecule has 1 aromatic heterocycles. The highest BCUT2D eigenvalue weighted by molar-refractivity contribution is 5.79. The summed E-state index contributed by atoms with van der Waals surface area (Å²) in [5.74, 6) is 0.713. The maximum Gasteiger partial charge on any atom is 0.225 e. The highest BCUT2D eigenvalue weighted by Crippen LogP contribution is 2.25. The zero-order valence-corrected chi connectivity index (χ0v) is 14.6. The van der Waals surface area contributed by atoms with Crippen molar-refractivity contribution >= 4 is 5.91 Å². The lowest BCUT2D eigenvalue weighted by Gasteiger charge is -2.36. The number of rotatable bonds is 4. The van der Waals surface area contributed by atoms with Gasteiger partial charge in [0, 0.05) is 50.9 Å². The van der Waals surface area contributed by atoms with Crippen LogP contribution in [0.3, 0.4) is 0 Å². The molecule has 0 atom stereocenters. The van der Waals surface area contributed by atoms with E-state index in [0.717, 1.165) is 51.3 Å². The minimum atomic E-state index is 0.303. The Labute approximate surface area is 139 Å². The number of aromatic nitrogens is 2. The third-order valence-corrected chi connectivity index (χ3v) is 5.22. The number of amides is 1. The van der Waals surface area contributed by atoms with Crippen LogP contribution in [0.5, 0.6) is 0 Å². The van der Waals surface area contributed by atoms with Crippen LogP contribution >= 0.6 is 0 Å². The molecule has 1 amide bonds. The minimum Gasteiger partial charge on any atom is -0.340 e. The van der Waals surface area contributed by atoms with Crippen LogP contribution in [-0.2, 0) is 11.3 Å². The number of hydrogen-bond acceptors (Lipinski definition) is 3. The van der Waals surface area contributed by atoms with E-state index in [1.165, 1.54) is 19.3 Å². The van der Waals surface area contributed by atoms with Crippen LogP contribution in [0.2, 0.25) is 0 Å². The molecule has 5 nitrogen and oxygen atoms in total. The van der Waals surface area contributed by atoms with Gasteiger partial charge in [-0.2, -0.15) is 5.10 Å². The number of piperazine rings is 1. The molecule has 128 valence electrons. The summed E-state index contributed by atoms with van der Waals surface area (Å²) in [5.41, 5.74) is 1.13. The molecule has 1 saturated heterocycles. The van der Waals surface area contributed by atoms with Crippen LogP contribution < -0.4 is 0 Å². The number of carbonyl (C=O) groups excluding carboxylic acids is 1. The highest BCUT2D eigenvalue weighted by Gasteiger charge is 2.28. The highest BCUT2D eigenvalue weighted by atomic mass is 16.2. The van der Waals surface area contributed by atoms with Crippen LogP contribution in [0, 0.1) is 5.92 Å². The fraction of sp³-hybridized carbons (Fsp3) is 0.778. The Morgan fingerprint density at radius 2 is 1.87 bits per heavy atom. The topological polar surface area (TPSA) is 41.4 Å². The molecular weight excluding hydrogens is 288 g/mol. The lowest BCUT2D eigenvalue weighted by Crippen LogP contribution is -2.50. The number of carbonyl (C=O) groups is 1. The summed E-state index contributed by atoms with van der Waals surface area (Å²) in [6.45, 7) is 8.87. The fourth-order valence-electron chi connectivity index (χ4n) is 3.71. The molecule has 0 spiro atoms. The molecule has 23 heavy (non-hydrogen) atoms. The maximum absolute atomic E-state index is 12.6. The second-order valence-electron chi connectivity index (χ2n) is 7.32. The normalized spacial score (nSPS) is 21.1. The Hall–Kier alpha value is -1.36. The lowest BCUT2D eigenvalue weighted by atomic mass is 9.88. The van der Waals surface area contributed by atoms with E-state index in [9.17, 15) is 4.79 Å². The summed E-state index contributed by atoms with van der Waals surface area (Å²) in [5, 5.41) is 4.63. The van der Waals surface area contributed by atoms with Gasteiger partial charge in [-0.05, 0) is 32.8 Å².